The predicted molar refractivity (Wildman–Crippen MR) is 313 cm³/mol. The average molecular weight is 1170 g/mol. The van der Waals surface area contributed by atoms with Crippen LogP contribution in [0.5, 0.6) is 0 Å². The molecule has 0 N–H and O–H groups in total. The van der Waals surface area contributed by atoms with Gasteiger partial charge in [0.2, 0.25) is 0 Å². The monoisotopic (exact) mass is 1170 g/mol. The van der Waals surface area contributed by atoms with Crippen LogP contribution in [0.3, 0.4) is 0 Å². The van der Waals surface area contributed by atoms with Gasteiger partial charge in [-0.2, -0.15) is 0 Å². The van der Waals surface area contributed by atoms with Crippen molar-refractivity contribution in [1.82, 2.24) is 29.9 Å². The van der Waals surface area contributed by atoms with Gasteiger partial charge in [-0.25, -0.2) is 19.2 Å². The predicted octanol–water partition coefficient (Wildman–Crippen LogP) is 8.06. The molecule has 1 aliphatic heterocycles. The summed E-state index contributed by atoms with van der Waals surface area (Å²) < 4.78 is 35.0. The summed E-state index contributed by atoms with van der Waals surface area (Å²) in [5.41, 5.74) is 6.48. The summed E-state index contributed by atoms with van der Waals surface area (Å²) in [6, 6.07) is 9.60. The number of aromatic nitrogens is 2. The lowest BCUT2D eigenvalue weighted by Gasteiger charge is -2.35. The number of carbonyl (C=O) groups excluding carboxylic acids is 8. The van der Waals surface area contributed by atoms with E-state index in [9.17, 15) is 28.8 Å². The van der Waals surface area contributed by atoms with Gasteiger partial charge in [0.15, 0.2) is 24.4 Å². The van der Waals surface area contributed by atoms with E-state index < -0.39 is 96.1 Å². The highest BCUT2D eigenvalue weighted by Crippen LogP contribution is 2.26. The average Bonchev–Trinajstić information content (AvgIpc) is 4.05. The zero-order valence-corrected chi connectivity index (χ0v) is 52.6. The fraction of sp³-hybridized carbons (Fsp3) is 0.594. The highest BCUT2D eigenvalue weighted by molar-refractivity contribution is 5.94. The molecule has 8 atom stereocenters. The van der Waals surface area contributed by atoms with Gasteiger partial charge in [0, 0.05) is 65.0 Å². The van der Waals surface area contributed by atoms with Crippen molar-refractivity contribution in [2.24, 2.45) is 23.7 Å². The second-order valence-corrected chi connectivity index (χ2v) is 24.4. The van der Waals surface area contributed by atoms with E-state index >= 15 is 9.59 Å². The van der Waals surface area contributed by atoms with E-state index in [0.29, 0.717) is 35.5 Å². The molecule has 0 radical (unpaired) electrons. The number of rotatable bonds is 16. The first kappa shape index (κ1) is 67.4. The lowest BCUT2D eigenvalue weighted by molar-refractivity contribution is -0.176. The Bertz CT molecular complexity index is 2680. The van der Waals surface area contributed by atoms with Gasteiger partial charge in [-0.1, -0.05) is 114 Å². The van der Waals surface area contributed by atoms with Crippen LogP contribution in [-0.4, -0.2) is 154 Å². The normalized spacial score (nSPS) is 22.7. The van der Waals surface area contributed by atoms with Gasteiger partial charge >= 0.3 is 23.9 Å². The second-order valence-electron chi connectivity index (χ2n) is 24.4. The number of esters is 4. The highest BCUT2D eigenvalue weighted by Gasteiger charge is 2.43. The van der Waals surface area contributed by atoms with Crippen LogP contribution in [-0.2, 0) is 83.0 Å². The molecule has 20 nitrogen and oxygen atoms in total. The smallest absolute Gasteiger partial charge is 0.329 e. The number of ether oxygens (including phenoxy) is 4. The lowest BCUT2D eigenvalue weighted by Crippen LogP contribution is -2.55. The van der Waals surface area contributed by atoms with Gasteiger partial charge < -0.3 is 47.6 Å². The molecule has 1 saturated heterocycles. The molecule has 0 bridgehead atoms. The van der Waals surface area contributed by atoms with Crippen LogP contribution in [0, 0.1) is 51.4 Å². The van der Waals surface area contributed by atoms with Gasteiger partial charge in [0.25, 0.3) is 23.6 Å². The molecule has 5 rings (SSSR count). The maximum Gasteiger partial charge on any atom is 0.329 e. The first-order chi connectivity index (χ1) is 39.4. The molecular weight excluding hydrogens is 1080 g/mol. The first-order valence-electron chi connectivity index (χ1n) is 29.3. The Morgan fingerprint density at radius 1 is 0.393 bits per heavy atom. The van der Waals surface area contributed by atoms with Gasteiger partial charge in [0.05, 0.1) is 11.4 Å². The Kier molecular flexibility index (Phi) is 24.0. The number of hydrogen-bond acceptors (Lipinski definition) is 16. The van der Waals surface area contributed by atoms with Gasteiger partial charge in [-0.15, -0.1) is 0 Å². The molecule has 0 saturated carbocycles. The number of likely N-dealkylation sites (N-methyl/N-ethyl adjacent to an activating group) is 4. The third-order valence-corrected chi connectivity index (χ3v) is 15.5. The van der Waals surface area contributed by atoms with Crippen LogP contribution < -0.4 is 0 Å². The summed E-state index contributed by atoms with van der Waals surface area (Å²) in [5.74, 6) is -6.11. The van der Waals surface area contributed by atoms with Crippen molar-refractivity contribution in [2.75, 3.05) is 28.2 Å². The van der Waals surface area contributed by atoms with E-state index in [0.717, 1.165) is 53.2 Å². The van der Waals surface area contributed by atoms with Crippen molar-refractivity contribution in [2.45, 2.75) is 197 Å². The SMILES string of the molecule is Cc1noc(C)c1Cc1ccc(C[C@H]2OC(=O)[C@H](CC(C)C)N(C)C(=O)[C@@H](C)OC(=O)[C@H](CC(C)C)N(C)C(=O)[C@@H](Cc3ccc(Cc4c(C)noc4C)cc3)OC(=O)[C@H](CC(C)C)N(C)C(=O)[C@@H](C)OC(=O)[C@H](CC(C)C)N(C)C2=O)cc1. The summed E-state index contributed by atoms with van der Waals surface area (Å²) in [7, 11) is 5.57. The Labute approximate surface area is 495 Å². The Morgan fingerprint density at radius 3 is 0.893 bits per heavy atom. The molecular formula is C64H90N6O14. The van der Waals surface area contributed by atoms with Crippen molar-refractivity contribution < 1.29 is 66.3 Å². The Morgan fingerprint density at radius 2 is 0.643 bits per heavy atom. The zero-order valence-electron chi connectivity index (χ0n) is 52.6. The summed E-state index contributed by atoms with van der Waals surface area (Å²) in [4.78, 5) is 122. The van der Waals surface area contributed by atoms with E-state index in [1.807, 2.05) is 132 Å². The van der Waals surface area contributed by atoms with Crippen LogP contribution in [0.25, 0.3) is 0 Å². The molecule has 0 spiro atoms. The van der Waals surface area contributed by atoms with E-state index in [1.54, 1.807) is 0 Å². The molecule has 3 heterocycles. The van der Waals surface area contributed by atoms with Gasteiger partial charge in [0.1, 0.15) is 35.7 Å². The number of amides is 4. The Balaban J connectivity index is 1.59. The number of benzene rings is 2. The minimum atomic E-state index is -1.54. The number of nitrogens with zero attached hydrogens (tertiary/aromatic N) is 6. The molecule has 84 heavy (non-hydrogen) atoms. The van der Waals surface area contributed by atoms with Crippen LogP contribution in [0.2, 0.25) is 0 Å². The van der Waals surface area contributed by atoms with E-state index in [-0.39, 0.29) is 62.2 Å². The van der Waals surface area contributed by atoms with E-state index in [4.69, 9.17) is 28.0 Å². The fourth-order valence-corrected chi connectivity index (χ4v) is 10.4. The molecule has 4 aromatic rings. The summed E-state index contributed by atoms with van der Waals surface area (Å²) in [6.45, 7) is 24.9. The largest absolute Gasteiger partial charge is 0.451 e. The van der Waals surface area contributed by atoms with Gasteiger partial charge in [-0.05, 0) is 113 Å². The van der Waals surface area contributed by atoms with Crippen LogP contribution in [0.4, 0.5) is 0 Å². The molecule has 2 aromatic heterocycles. The van der Waals surface area contributed by atoms with Crippen molar-refractivity contribution >= 4 is 47.5 Å². The van der Waals surface area contributed by atoms with E-state index in [2.05, 4.69) is 10.3 Å². The fourth-order valence-electron chi connectivity index (χ4n) is 10.4. The van der Waals surface area contributed by atoms with Crippen molar-refractivity contribution in [3.8, 4) is 0 Å². The molecule has 4 amide bonds. The van der Waals surface area contributed by atoms with Crippen LogP contribution >= 0.6 is 0 Å². The Hall–Kier alpha value is -7.38. The van der Waals surface area contributed by atoms with Crippen molar-refractivity contribution in [3.63, 3.8) is 0 Å². The minimum Gasteiger partial charge on any atom is -0.451 e. The topological polar surface area (TPSA) is 238 Å². The quantitative estimate of drug-likeness (QED) is 0.0761. The standard InChI is InChI=1S/C64H90N6O14/c1-35(2)27-51-61(75)79-43(13)57(71)67(15)54(30-38(7)8)64(78)82-56(34-48-25-21-46(22-26-48)32-50-40(10)66-84-42(50)12)60(74)70(18)52(28-36(3)4)62(76)80-44(14)58(72)68(16)53(29-37(5)6)63(77)81-55(59(73)69(51)17)33-47-23-19-45(20-24-47)31-49-39(9)65-83-41(49)11/h19-26,35-38,43-44,51-56H,27-34H2,1-18H3/t43-,44-,51+,52+,53+,54+,55-,56-/m1/s1. The summed E-state index contributed by atoms with van der Waals surface area (Å²) in [5, 5.41) is 8.13. The number of carbonyl (C=O) groups is 8. The number of cyclic esters (lactones) is 4. The summed E-state index contributed by atoms with van der Waals surface area (Å²) >= 11 is 0. The molecule has 460 valence electrons. The molecule has 1 aliphatic rings. The number of aryl methyl sites for hydroxylation is 4. The summed E-state index contributed by atoms with van der Waals surface area (Å²) in [6.07, 6.45) is -4.99. The van der Waals surface area contributed by atoms with E-state index in [1.165, 1.54) is 42.0 Å². The zero-order chi connectivity index (χ0) is 62.6. The molecule has 2 aromatic carbocycles. The highest BCUT2D eigenvalue weighted by atomic mass is 16.6. The molecule has 0 aliphatic carbocycles. The maximum absolute atomic E-state index is 15.1. The minimum absolute atomic E-state index is 0.0762. The van der Waals surface area contributed by atoms with Gasteiger partial charge in [-0.3, -0.25) is 19.2 Å². The molecule has 0 unspecified atom stereocenters. The lowest BCUT2D eigenvalue weighted by atomic mass is 9.98. The van der Waals surface area contributed by atoms with Crippen molar-refractivity contribution in [1.29, 1.82) is 0 Å². The maximum atomic E-state index is 15.1. The van der Waals surface area contributed by atoms with Crippen molar-refractivity contribution in [3.05, 3.63) is 105 Å². The molecule has 20 heteroatoms. The third-order valence-electron chi connectivity index (χ3n) is 15.5. The molecule has 1 fully saturated rings. The second kappa shape index (κ2) is 29.9. The number of hydrogen-bond donors (Lipinski definition) is 0. The van der Waals surface area contributed by atoms with Crippen LogP contribution in [0.15, 0.2) is 57.6 Å². The van der Waals surface area contributed by atoms with Crippen LogP contribution in [0.1, 0.15) is 151 Å². The third kappa shape index (κ3) is 17.8. The first-order valence-corrected chi connectivity index (χ1v) is 29.3.